The zero-order chi connectivity index (χ0) is 15.9. The Kier molecular flexibility index (Phi) is 6.71. The van der Waals surface area contributed by atoms with Crippen LogP contribution in [-0.2, 0) is 4.74 Å². The summed E-state index contributed by atoms with van der Waals surface area (Å²) in [6, 6.07) is 6.56. The first-order valence-electron chi connectivity index (χ1n) is 8.65. The molecule has 3 nitrogen and oxygen atoms in total. The van der Waals surface area contributed by atoms with Crippen LogP contribution >= 0.6 is 0 Å². The summed E-state index contributed by atoms with van der Waals surface area (Å²) >= 11 is 0. The second-order valence-electron chi connectivity index (χ2n) is 6.73. The summed E-state index contributed by atoms with van der Waals surface area (Å²) in [5.74, 6) is 2.11. The molecule has 3 heteroatoms. The quantitative estimate of drug-likeness (QED) is 0.710. The smallest absolute Gasteiger partial charge is 0.126 e. The fraction of sp³-hybridized carbons (Fsp3) is 0.684. The number of para-hydroxylation sites is 1. The Balaban J connectivity index is 1.92. The number of rotatable bonds is 7. The van der Waals surface area contributed by atoms with Crippen LogP contribution in [0, 0.1) is 0 Å². The highest BCUT2D eigenvalue weighted by molar-refractivity contribution is 5.44. The lowest BCUT2D eigenvalue weighted by molar-refractivity contribution is 0.0357. The Bertz CT molecular complexity index is 424. The summed E-state index contributed by atoms with van der Waals surface area (Å²) in [4.78, 5) is 2.46. The highest BCUT2D eigenvalue weighted by Gasteiger charge is 2.15. The number of morpholine rings is 1. The predicted octanol–water partition coefficient (Wildman–Crippen LogP) is 4.03. The standard InChI is InChI=1S/C19H31NO2/c1-15(2)17-7-5-8-18(16(3)4)19(17)22-12-6-9-20-10-13-21-14-11-20/h5,7-8,15-16H,6,9-14H2,1-4H3. The molecule has 1 aliphatic heterocycles. The molecule has 0 atom stereocenters. The normalized spacial score (nSPS) is 16.5. The van der Waals surface area contributed by atoms with Gasteiger partial charge in [-0.25, -0.2) is 0 Å². The van der Waals surface area contributed by atoms with Gasteiger partial charge in [-0.2, -0.15) is 0 Å². The molecular weight excluding hydrogens is 274 g/mol. The third-order valence-electron chi connectivity index (χ3n) is 4.29. The SMILES string of the molecule is CC(C)c1cccc(C(C)C)c1OCCCN1CCOCC1. The summed E-state index contributed by atoms with van der Waals surface area (Å²) in [6.07, 6.45) is 1.07. The van der Waals surface area contributed by atoms with Crippen molar-refractivity contribution in [1.29, 1.82) is 0 Å². The van der Waals surface area contributed by atoms with Gasteiger partial charge in [-0.15, -0.1) is 0 Å². The van der Waals surface area contributed by atoms with Crippen molar-refractivity contribution in [2.45, 2.75) is 46.0 Å². The van der Waals surface area contributed by atoms with Gasteiger partial charge in [0.1, 0.15) is 5.75 Å². The minimum Gasteiger partial charge on any atom is -0.493 e. The van der Waals surface area contributed by atoms with E-state index in [1.807, 2.05) is 0 Å². The predicted molar refractivity (Wildman–Crippen MR) is 92.0 cm³/mol. The Labute approximate surface area is 135 Å². The Morgan fingerprint density at radius 1 is 1.05 bits per heavy atom. The molecule has 0 saturated carbocycles. The van der Waals surface area contributed by atoms with Crippen LogP contribution in [-0.4, -0.2) is 44.4 Å². The molecule has 0 spiro atoms. The van der Waals surface area contributed by atoms with Gasteiger partial charge in [0.15, 0.2) is 0 Å². The number of hydrogen-bond acceptors (Lipinski definition) is 3. The molecule has 0 N–H and O–H groups in total. The van der Waals surface area contributed by atoms with Gasteiger partial charge in [0, 0.05) is 19.6 Å². The Hall–Kier alpha value is -1.06. The summed E-state index contributed by atoms with van der Waals surface area (Å²) in [5, 5.41) is 0. The van der Waals surface area contributed by atoms with Gasteiger partial charge < -0.3 is 9.47 Å². The maximum atomic E-state index is 6.22. The molecular formula is C19H31NO2. The molecule has 0 radical (unpaired) electrons. The van der Waals surface area contributed by atoms with E-state index in [0.29, 0.717) is 11.8 Å². The van der Waals surface area contributed by atoms with Gasteiger partial charge in [-0.1, -0.05) is 45.9 Å². The third kappa shape index (κ3) is 4.72. The molecule has 1 heterocycles. The van der Waals surface area contributed by atoms with E-state index in [2.05, 4.69) is 50.8 Å². The first-order valence-corrected chi connectivity index (χ1v) is 8.65. The molecule has 1 saturated heterocycles. The van der Waals surface area contributed by atoms with Crippen molar-refractivity contribution in [3.05, 3.63) is 29.3 Å². The van der Waals surface area contributed by atoms with Crippen molar-refractivity contribution >= 4 is 0 Å². The average molecular weight is 305 g/mol. The van der Waals surface area contributed by atoms with E-state index in [0.717, 1.165) is 51.6 Å². The zero-order valence-electron chi connectivity index (χ0n) is 14.6. The lowest BCUT2D eigenvalue weighted by atomic mass is 9.94. The lowest BCUT2D eigenvalue weighted by Gasteiger charge is -2.26. The molecule has 0 aromatic heterocycles. The highest BCUT2D eigenvalue weighted by atomic mass is 16.5. The first-order chi connectivity index (χ1) is 10.6. The van der Waals surface area contributed by atoms with Gasteiger partial charge in [0.2, 0.25) is 0 Å². The average Bonchev–Trinajstić information content (AvgIpc) is 2.52. The number of ether oxygens (including phenoxy) is 2. The molecule has 124 valence electrons. The van der Waals surface area contributed by atoms with Gasteiger partial charge >= 0.3 is 0 Å². The first kappa shape index (κ1) is 17.3. The van der Waals surface area contributed by atoms with Gasteiger partial charge in [-0.3, -0.25) is 4.90 Å². The summed E-state index contributed by atoms with van der Waals surface area (Å²) in [6.45, 7) is 14.7. The molecule has 0 aliphatic carbocycles. The van der Waals surface area contributed by atoms with Crippen LogP contribution in [0.2, 0.25) is 0 Å². The molecule has 22 heavy (non-hydrogen) atoms. The van der Waals surface area contributed by atoms with Crippen LogP contribution in [0.3, 0.4) is 0 Å². The molecule has 1 aromatic rings. The van der Waals surface area contributed by atoms with E-state index in [-0.39, 0.29) is 0 Å². The summed E-state index contributed by atoms with van der Waals surface area (Å²) in [7, 11) is 0. The second-order valence-corrected chi connectivity index (χ2v) is 6.73. The molecule has 0 amide bonds. The Morgan fingerprint density at radius 3 is 2.18 bits per heavy atom. The maximum absolute atomic E-state index is 6.22. The van der Waals surface area contributed by atoms with E-state index in [9.17, 15) is 0 Å². The van der Waals surface area contributed by atoms with Crippen LogP contribution < -0.4 is 4.74 Å². The van der Waals surface area contributed by atoms with E-state index >= 15 is 0 Å². The Morgan fingerprint density at radius 2 is 1.64 bits per heavy atom. The fourth-order valence-electron chi connectivity index (χ4n) is 2.94. The van der Waals surface area contributed by atoms with Gasteiger partial charge in [0.25, 0.3) is 0 Å². The van der Waals surface area contributed by atoms with Crippen molar-refractivity contribution in [2.24, 2.45) is 0 Å². The minimum atomic E-state index is 0.493. The van der Waals surface area contributed by atoms with Crippen LogP contribution in [0.1, 0.15) is 57.1 Å². The molecule has 0 unspecified atom stereocenters. The van der Waals surface area contributed by atoms with Crippen molar-refractivity contribution in [3.8, 4) is 5.75 Å². The van der Waals surface area contributed by atoms with Crippen LogP contribution in [0.15, 0.2) is 18.2 Å². The fourth-order valence-corrected chi connectivity index (χ4v) is 2.94. The highest BCUT2D eigenvalue weighted by Crippen LogP contribution is 2.34. The second kappa shape index (κ2) is 8.54. The zero-order valence-corrected chi connectivity index (χ0v) is 14.6. The lowest BCUT2D eigenvalue weighted by Crippen LogP contribution is -2.37. The van der Waals surface area contributed by atoms with Crippen LogP contribution in [0.4, 0.5) is 0 Å². The van der Waals surface area contributed by atoms with Crippen molar-refractivity contribution in [2.75, 3.05) is 39.5 Å². The summed E-state index contributed by atoms with van der Waals surface area (Å²) < 4.78 is 11.6. The number of hydrogen-bond donors (Lipinski definition) is 0. The molecule has 1 aliphatic rings. The van der Waals surface area contributed by atoms with Crippen LogP contribution in [0.5, 0.6) is 5.75 Å². The van der Waals surface area contributed by atoms with Crippen molar-refractivity contribution in [3.63, 3.8) is 0 Å². The van der Waals surface area contributed by atoms with Gasteiger partial charge in [-0.05, 0) is 29.4 Å². The van der Waals surface area contributed by atoms with Crippen LogP contribution in [0.25, 0.3) is 0 Å². The largest absolute Gasteiger partial charge is 0.493 e. The maximum Gasteiger partial charge on any atom is 0.126 e. The molecule has 1 aromatic carbocycles. The van der Waals surface area contributed by atoms with E-state index < -0.39 is 0 Å². The van der Waals surface area contributed by atoms with Crippen molar-refractivity contribution < 1.29 is 9.47 Å². The topological polar surface area (TPSA) is 21.7 Å². The number of benzene rings is 1. The van der Waals surface area contributed by atoms with Crippen molar-refractivity contribution in [1.82, 2.24) is 4.90 Å². The molecule has 1 fully saturated rings. The minimum absolute atomic E-state index is 0.493. The van der Waals surface area contributed by atoms with E-state index in [1.165, 1.54) is 11.1 Å². The third-order valence-corrected chi connectivity index (χ3v) is 4.29. The van der Waals surface area contributed by atoms with E-state index in [1.54, 1.807) is 0 Å². The number of nitrogens with zero attached hydrogens (tertiary/aromatic N) is 1. The summed E-state index contributed by atoms with van der Waals surface area (Å²) in [5.41, 5.74) is 2.66. The molecule has 0 bridgehead atoms. The molecule has 2 rings (SSSR count). The monoisotopic (exact) mass is 305 g/mol. The van der Waals surface area contributed by atoms with Gasteiger partial charge in [0.05, 0.1) is 19.8 Å². The van der Waals surface area contributed by atoms with E-state index in [4.69, 9.17) is 9.47 Å².